The largest absolute Gasteiger partial charge is 0.361 e. The molecule has 0 bridgehead atoms. The van der Waals surface area contributed by atoms with Crippen molar-refractivity contribution < 1.29 is 0 Å². The molecule has 0 aliphatic carbocycles. The summed E-state index contributed by atoms with van der Waals surface area (Å²) in [5, 5.41) is 0. The van der Waals surface area contributed by atoms with Gasteiger partial charge in [-0.15, -0.1) is 0 Å². The Balaban J connectivity index is 2.56. The van der Waals surface area contributed by atoms with Crippen molar-refractivity contribution in [2.45, 2.75) is 23.7 Å². The van der Waals surface area contributed by atoms with E-state index in [2.05, 4.69) is 39.4 Å². The smallest absolute Gasteiger partial charge is 0.0995 e. The van der Waals surface area contributed by atoms with Crippen LogP contribution in [-0.2, 0) is 0 Å². The van der Waals surface area contributed by atoms with Crippen LogP contribution < -0.4 is 0 Å². The number of rotatable bonds is 1. The average Bonchev–Trinajstić information content (AvgIpc) is 2.04. The fourth-order valence-corrected chi connectivity index (χ4v) is 2.10. The molecule has 0 saturated carbocycles. The highest BCUT2D eigenvalue weighted by molar-refractivity contribution is 14.1. The Morgan fingerprint density at radius 3 is 3.00 bits per heavy atom. The second kappa shape index (κ2) is 4.28. The van der Waals surface area contributed by atoms with Crippen molar-refractivity contribution in [2.75, 3.05) is 20.1 Å². The Bertz CT molecular complexity index is 156. The Labute approximate surface area is 82.2 Å². The molecule has 3 heteroatoms. The van der Waals surface area contributed by atoms with E-state index in [1.54, 1.807) is 0 Å². The maximum absolute atomic E-state index is 4.29. The molecule has 0 aromatic carbocycles. The van der Waals surface area contributed by atoms with Crippen LogP contribution in [0, 0.1) is 0 Å². The van der Waals surface area contributed by atoms with E-state index in [9.17, 15) is 0 Å². The first-order chi connectivity index (χ1) is 5.27. The van der Waals surface area contributed by atoms with Crippen LogP contribution in [0.2, 0.25) is 0 Å². The van der Waals surface area contributed by atoms with E-state index in [1.165, 1.54) is 18.8 Å². The van der Waals surface area contributed by atoms with Crippen molar-refractivity contribution in [3.8, 4) is 0 Å². The third-order valence-corrected chi connectivity index (χ3v) is 3.18. The van der Waals surface area contributed by atoms with Crippen LogP contribution in [0.4, 0.5) is 0 Å². The van der Waals surface area contributed by atoms with Gasteiger partial charge in [0.1, 0.15) is 0 Å². The average molecular weight is 266 g/mol. The van der Waals surface area contributed by atoms with E-state index in [-0.39, 0.29) is 0 Å². The lowest BCUT2D eigenvalue weighted by atomic mass is 10.1. The van der Waals surface area contributed by atoms with Gasteiger partial charge in [0, 0.05) is 30.5 Å². The van der Waals surface area contributed by atoms with Crippen LogP contribution in [0.15, 0.2) is 4.99 Å². The highest BCUT2D eigenvalue weighted by Crippen LogP contribution is 2.19. The predicted molar refractivity (Wildman–Crippen MR) is 57.6 cm³/mol. The molecule has 1 atom stereocenters. The summed E-state index contributed by atoms with van der Waals surface area (Å²) in [6.45, 7) is 4.49. The van der Waals surface area contributed by atoms with Gasteiger partial charge >= 0.3 is 0 Å². The predicted octanol–water partition coefficient (Wildman–Crippen LogP) is 1.93. The van der Waals surface area contributed by atoms with Gasteiger partial charge in [-0.3, -0.25) is 4.99 Å². The topological polar surface area (TPSA) is 15.6 Å². The maximum Gasteiger partial charge on any atom is 0.0995 e. The quantitative estimate of drug-likeness (QED) is 0.523. The van der Waals surface area contributed by atoms with Gasteiger partial charge in [-0.25, -0.2) is 0 Å². The SMILES string of the molecule is CCN1CCC(I)C/C1=N\C. The fraction of sp³-hybridized carbons (Fsp3) is 0.875. The van der Waals surface area contributed by atoms with E-state index in [4.69, 9.17) is 0 Å². The van der Waals surface area contributed by atoms with Gasteiger partial charge in [-0.05, 0) is 13.3 Å². The van der Waals surface area contributed by atoms with Crippen molar-refractivity contribution >= 4 is 28.4 Å². The van der Waals surface area contributed by atoms with Crippen molar-refractivity contribution in [1.29, 1.82) is 0 Å². The molecule has 1 aliphatic rings. The molecule has 64 valence electrons. The highest BCUT2D eigenvalue weighted by Gasteiger charge is 2.19. The Morgan fingerprint density at radius 1 is 1.73 bits per heavy atom. The maximum atomic E-state index is 4.29. The summed E-state index contributed by atoms with van der Waals surface area (Å²) < 4.78 is 0.800. The van der Waals surface area contributed by atoms with Gasteiger partial charge in [-0.2, -0.15) is 0 Å². The molecule has 1 aliphatic heterocycles. The minimum atomic E-state index is 0.800. The Hall–Kier alpha value is 0.200. The molecule has 0 spiro atoms. The van der Waals surface area contributed by atoms with Crippen molar-refractivity contribution in [3.63, 3.8) is 0 Å². The first-order valence-corrected chi connectivity index (χ1v) is 5.37. The van der Waals surface area contributed by atoms with E-state index < -0.39 is 0 Å². The molecule has 0 aromatic rings. The summed E-state index contributed by atoms with van der Waals surface area (Å²) in [6.07, 6.45) is 2.47. The summed E-state index contributed by atoms with van der Waals surface area (Å²) in [7, 11) is 1.90. The van der Waals surface area contributed by atoms with Gasteiger partial charge in [-0.1, -0.05) is 22.6 Å². The van der Waals surface area contributed by atoms with Crippen LogP contribution in [0.3, 0.4) is 0 Å². The van der Waals surface area contributed by atoms with Crippen LogP contribution in [-0.4, -0.2) is 34.8 Å². The minimum absolute atomic E-state index is 0.800. The molecular weight excluding hydrogens is 251 g/mol. The van der Waals surface area contributed by atoms with Crippen LogP contribution in [0.1, 0.15) is 19.8 Å². The number of nitrogens with zero attached hydrogens (tertiary/aromatic N) is 2. The second-order valence-corrected chi connectivity index (χ2v) is 4.57. The molecule has 1 saturated heterocycles. The van der Waals surface area contributed by atoms with E-state index in [0.29, 0.717) is 0 Å². The lowest BCUT2D eigenvalue weighted by Gasteiger charge is -2.31. The summed E-state index contributed by atoms with van der Waals surface area (Å²) in [5.74, 6) is 1.29. The van der Waals surface area contributed by atoms with Gasteiger partial charge in [0.05, 0.1) is 5.84 Å². The number of alkyl halides is 1. The second-order valence-electron chi connectivity index (χ2n) is 2.81. The first-order valence-electron chi connectivity index (χ1n) is 4.12. The molecular formula is C8H15IN2. The number of piperidine rings is 1. The third kappa shape index (κ3) is 2.32. The van der Waals surface area contributed by atoms with Crippen molar-refractivity contribution in [2.24, 2.45) is 4.99 Å². The summed E-state index contributed by atoms with van der Waals surface area (Å²) in [5.41, 5.74) is 0. The third-order valence-electron chi connectivity index (χ3n) is 2.12. The molecule has 1 unspecified atom stereocenters. The number of hydrogen-bond donors (Lipinski definition) is 0. The molecule has 0 N–H and O–H groups in total. The fourth-order valence-electron chi connectivity index (χ4n) is 1.43. The lowest BCUT2D eigenvalue weighted by Crippen LogP contribution is -2.38. The van der Waals surface area contributed by atoms with Gasteiger partial charge in [0.25, 0.3) is 0 Å². The van der Waals surface area contributed by atoms with Crippen LogP contribution in [0.25, 0.3) is 0 Å². The van der Waals surface area contributed by atoms with Gasteiger partial charge in [0.2, 0.25) is 0 Å². The van der Waals surface area contributed by atoms with E-state index in [0.717, 1.165) is 16.9 Å². The van der Waals surface area contributed by atoms with E-state index in [1.807, 2.05) is 7.05 Å². The number of halogens is 1. The normalized spacial score (nSPS) is 29.5. The number of likely N-dealkylation sites (tertiary alicyclic amines) is 1. The van der Waals surface area contributed by atoms with Gasteiger partial charge < -0.3 is 4.90 Å². The van der Waals surface area contributed by atoms with Crippen molar-refractivity contribution in [3.05, 3.63) is 0 Å². The zero-order chi connectivity index (χ0) is 8.27. The van der Waals surface area contributed by atoms with Gasteiger partial charge in [0.15, 0.2) is 0 Å². The van der Waals surface area contributed by atoms with Crippen LogP contribution >= 0.6 is 22.6 Å². The first kappa shape index (κ1) is 9.29. The van der Waals surface area contributed by atoms with Crippen molar-refractivity contribution in [1.82, 2.24) is 4.90 Å². The van der Waals surface area contributed by atoms with E-state index >= 15 is 0 Å². The molecule has 0 amide bonds. The summed E-state index contributed by atoms with van der Waals surface area (Å²) in [6, 6.07) is 0. The number of aliphatic imine (C=N–C) groups is 1. The molecule has 11 heavy (non-hydrogen) atoms. The summed E-state index contributed by atoms with van der Waals surface area (Å²) >= 11 is 2.51. The van der Waals surface area contributed by atoms with Crippen LogP contribution in [0.5, 0.6) is 0 Å². The molecule has 2 nitrogen and oxygen atoms in total. The molecule has 1 rings (SSSR count). The zero-order valence-electron chi connectivity index (χ0n) is 7.18. The Morgan fingerprint density at radius 2 is 2.45 bits per heavy atom. The number of hydrogen-bond acceptors (Lipinski definition) is 1. The highest BCUT2D eigenvalue weighted by atomic mass is 127. The zero-order valence-corrected chi connectivity index (χ0v) is 9.34. The summed E-state index contributed by atoms with van der Waals surface area (Å²) in [4.78, 5) is 6.66. The lowest BCUT2D eigenvalue weighted by molar-refractivity contribution is 0.395. The molecule has 1 fully saturated rings. The Kier molecular flexibility index (Phi) is 3.62. The monoisotopic (exact) mass is 266 g/mol. The number of amidine groups is 1. The minimum Gasteiger partial charge on any atom is -0.361 e. The molecule has 1 heterocycles. The standard InChI is InChI=1S/C8H15IN2/c1-3-11-5-4-7(9)6-8(11)10-2/h7H,3-6H2,1-2H3/b10-8+. The molecule has 0 radical (unpaired) electrons. The molecule has 0 aromatic heterocycles.